The summed E-state index contributed by atoms with van der Waals surface area (Å²) in [5, 5.41) is 5.09. The summed E-state index contributed by atoms with van der Waals surface area (Å²) < 4.78 is 6.46. The fourth-order valence-electron chi connectivity index (χ4n) is 2.31. The highest BCUT2D eigenvalue weighted by molar-refractivity contribution is 9.10. The lowest BCUT2D eigenvalue weighted by Gasteiger charge is -2.11. The van der Waals surface area contributed by atoms with Gasteiger partial charge < -0.3 is 4.74 Å². The van der Waals surface area contributed by atoms with Gasteiger partial charge in [-0.15, -0.1) is 0 Å². The molecule has 1 heterocycles. The third kappa shape index (κ3) is 5.93. The van der Waals surface area contributed by atoms with Crippen LogP contribution in [0.3, 0.4) is 0 Å². The number of aromatic nitrogens is 1. The summed E-state index contributed by atoms with van der Waals surface area (Å²) in [4.78, 5) is 15.9. The van der Waals surface area contributed by atoms with E-state index >= 15 is 0 Å². The number of amides is 1. The molecule has 0 spiro atoms. The number of hydrogen-bond acceptors (Lipinski definition) is 4. The van der Waals surface area contributed by atoms with Gasteiger partial charge in [0.1, 0.15) is 11.8 Å². The summed E-state index contributed by atoms with van der Waals surface area (Å²) in [6.45, 7) is 0.338. The number of rotatable bonds is 6. The smallest absolute Gasteiger partial charge is 0.274 e. The van der Waals surface area contributed by atoms with Crippen LogP contribution in [0.15, 0.2) is 64.3 Å². The largest absolute Gasteiger partial charge is 0.486 e. The maximum absolute atomic E-state index is 12.1. The molecular formula is C20H13BrCl3N3O2. The van der Waals surface area contributed by atoms with Crippen LogP contribution in [0.1, 0.15) is 21.5 Å². The topological polar surface area (TPSA) is 63.6 Å². The predicted octanol–water partition coefficient (Wildman–Crippen LogP) is 6.15. The van der Waals surface area contributed by atoms with E-state index in [0.29, 0.717) is 32.4 Å². The second-order valence-electron chi connectivity index (χ2n) is 5.77. The molecule has 1 aromatic heterocycles. The summed E-state index contributed by atoms with van der Waals surface area (Å²) in [6, 6.07) is 14.0. The van der Waals surface area contributed by atoms with Crippen molar-refractivity contribution in [3.8, 4) is 5.75 Å². The summed E-state index contributed by atoms with van der Waals surface area (Å²) >= 11 is 21.5. The minimum Gasteiger partial charge on any atom is -0.486 e. The van der Waals surface area contributed by atoms with Gasteiger partial charge in [-0.1, -0.05) is 46.9 Å². The fourth-order valence-corrected chi connectivity index (χ4v) is 3.63. The highest BCUT2D eigenvalue weighted by Gasteiger charge is 2.11. The molecule has 29 heavy (non-hydrogen) atoms. The molecule has 0 unspecified atom stereocenters. The number of halogens is 4. The zero-order valence-corrected chi connectivity index (χ0v) is 18.6. The molecule has 0 radical (unpaired) electrons. The van der Waals surface area contributed by atoms with Crippen LogP contribution >= 0.6 is 50.7 Å². The Kier molecular flexibility index (Phi) is 7.50. The Labute approximate surface area is 190 Å². The van der Waals surface area contributed by atoms with Gasteiger partial charge in [0.25, 0.3) is 5.91 Å². The van der Waals surface area contributed by atoms with E-state index in [1.807, 2.05) is 12.1 Å². The number of carbonyl (C=O) groups is 1. The van der Waals surface area contributed by atoms with Crippen molar-refractivity contribution in [3.05, 3.63) is 91.1 Å². The lowest BCUT2D eigenvalue weighted by atomic mass is 10.2. The summed E-state index contributed by atoms with van der Waals surface area (Å²) in [6.07, 6.45) is 2.96. The summed E-state index contributed by atoms with van der Waals surface area (Å²) in [5.74, 6) is 0.0392. The Balaban J connectivity index is 1.65. The minimum atomic E-state index is -0.465. The number of pyridine rings is 1. The predicted molar refractivity (Wildman–Crippen MR) is 119 cm³/mol. The normalized spacial score (nSPS) is 10.9. The molecule has 1 amide bonds. The average molecular weight is 514 g/mol. The van der Waals surface area contributed by atoms with E-state index in [1.54, 1.807) is 36.4 Å². The van der Waals surface area contributed by atoms with Crippen LogP contribution in [0.25, 0.3) is 0 Å². The third-order valence-electron chi connectivity index (χ3n) is 3.70. The van der Waals surface area contributed by atoms with Crippen LogP contribution in [0.5, 0.6) is 5.75 Å². The molecule has 1 N–H and O–H groups in total. The highest BCUT2D eigenvalue weighted by atomic mass is 79.9. The molecule has 9 heteroatoms. The first-order valence-corrected chi connectivity index (χ1v) is 10.2. The molecule has 5 nitrogen and oxygen atoms in total. The Bertz CT molecular complexity index is 1040. The third-order valence-corrected chi connectivity index (χ3v) is 5.12. The van der Waals surface area contributed by atoms with Gasteiger partial charge in [-0.2, -0.15) is 5.10 Å². The monoisotopic (exact) mass is 511 g/mol. The SMILES string of the molecule is O=C(NN=Cc1cc(Cl)c(OCc2ccc(Cl)cc2)c(Br)c1)c1cccnc1Cl. The lowest BCUT2D eigenvalue weighted by Crippen LogP contribution is -2.18. The first-order valence-electron chi connectivity index (χ1n) is 8.24. The number of benzene rings is 2. The van der Waals surface area contributed by atoms with Crippen molar-refractivity contribution in [3.63, 3.8) is 0 Å². The molecule has 0 atom stereocenters. The molecule has 0 fully saturated rings. The highest BCUT2D eigenvalue weighted by Crippen LogP contribution is 2.34. The van der Waals surface area contributed by atoms with Crippen molar-refractivity contribution in [1.29, 1.82) is 0 Å². The first-order chi connectivity index (χ1) is 13.9. The average Bonchev–Trinajstić information content (AvgIpc) is 2.69. The van der Waals surface area contributed by atoms with Crippen molar-refractivity contribution in [2.45, 2.75) is 6.61 Å². The first kappa shape index (κ1) is 21.6. The quantitative estimate of drug-likeness (QED) is 0.244. The molecule has 0 bridgehead atoms. The fraction of sp³-hybridized carbons (Fsp3) is 0.0500. The van der Waals surface area contributed by atoms with Crippen LogP contribution in [-0.2, 0) is 6.61 Å². The molecule has 0 aliphatic heterocycles. The van der Waals surface area contributed by atoms with Crippen molar-refractivity contribution in [2.75, 3.05) is 0 Å². The van der Waals surface area contributed by atoms with Crippen molar-refractivity contribution in [2.24, 2.45) is 5.10 Å². The summed E-state index contributed by atoms with van der Waals surface area (Å²) in [7, 11) is 0. The standard InChI is InChI=1S/C20H13BrCl3N3O2/c21-16-8-13(10-26-27-20(28)15-2-1-7-25-19(15)24)9-17(23)18(16)29-11-12-3-5-14(22)6-4-12/h1-10H,11H2,(H,27,28). The van der Waals surface area contributed by atoms with E-state index in [4.69, 9.17) is 39.5 Å². The molecule has 0 aliphatic rings. The number of ether oxygens (including phenoxy) is 1. The van der Waals surface area contributed by atoms with Crippen LogP contribution in [0.2, 0.25) is 15.2 Å². The van der Waals surface area contributed by atoms with E-state index in [-0.39, 0.29) is 10.7 Å². The second kappa shape index (κ2) is 10.1. The maximum atomic E-state index is 12.1. The van der Waals surface area contributed by atoms with Gasteiger partial charge in [0.05, 0.1) is 21.3 Å². The van der Waals surface area contributed by atoms with Gasteiger partial charge in [0, 0.05) is 11.2 Å². The summed E-state index contributed by atoms with van der Waals surface area (Å²) in [5.41, 5.74) is 4.25. The Morgan fingerprint density at radius 1 is 1.17 bits per heavy atom. The van der Waals surface area contributed by atoms with Crippen LogP contribution < -0.4 is 10.2 Å². The van der Waals surface area contributed by atoms with Gasteiger partial charge in [0.2, 0.25) is 0 Å². The zero-order chi connectivity index (χ0) is 20.8. The number of nitrogens with one attached hydrogen (secondary N) is 1. The van der Waals surface area contributed by atoms with Gasteiger partial charge in [-0.05, 0) is 63.5 Å². The van der Waals surface area contributed by atoms with Crippen LogP contribution in [0.4, 0.5) is 0 Å². The van der Waals surface area contributed by atoms with Gasteiger partial charge in [-0.25, -0.2) is 10.4 Å². The molecule has 148 valence electrons. The molecule has 2 aromatic carbocycles. The second-order valence-corrected chi connectivity index (χ2v) is 7.83. The van der Waals surface area contributed by atoms with Crippen LogP contribution in [-0.4, -0.2) is 17.1 Å². The molecule has 0 aliphatic carbocycles. The van der Waals surface area contributed by atoms with Crippen molar-refractivity contribution in [1.82, 2.24) is 10.4 Å². The minimum absolute atomic E-state index is 0.105. The van der Waals surface area contributed by atoms with E-state index in [1.165, 1.54) is 12.4 Å². The van der Waals surface area contributed by atoms with E-state index in [2.05, 4.69) is 31.4 Å². The lowest BCUT2D eigenvalue weighted by molar-refractivity contribution is 0.0955. The number of carbonyl (C=O) groups excluding carboxylic acids is 1. The van der Waals surface area contributed by atoms with Crippen LogP contribution in [0, 0.1) is 0 Å². The van der Waals surface area contributed by atoms with Gasteiger partial charge in [0.15, 0.2) is 5.75 Å². The molecular weight excluding hydrogens is 501 g/mol. The number of hydrazone groups is 1. The van der Waals surface area contributed by atoms with Crippen molar-refractivity contribution >= 4 is 62.9 Å². The van der Waals surface area contributed by atoms with Gasteiger partial charge in [-0.3, -0.25) is 4.79 Å². The Morgan fingerprint density at radius 3 is 2.62 bits per heavy atom. The maximum Gasteiger partial charge on any atom is 0.274 e. The van der Waals surface area contributed by atoms with Crippen molar-refractivity contribution < 1.29 is 9.53 Å². The number of hydrogen-bond donors (Lipinski definition) is 1. The Morgan fingerprint density at radius 2 is 1.93 bits per heavy atom. The Hall–Kier alpha value is -2.12. The van der Waals surface area contributed by atoms with E-state index < -0.39 is 5.91 Å². The van der Waals surface area contributed by atoms with E-state index in [0.717, 1.165) is 5.56 Å². The molecule has 3 rings (SSSR count). The number of nitrogens with zero attached hydrogens (tertiary/aromatic N) is 2. The van der Waals surface area contributed by atoms with Gasteiger partial charge >= 0.3 is 0 Å². The zero-order valence-electron chi connectivity index (χ0n) is 14.7. The van der Waals surface area contributed by atoms with E-state index in [9.17, 15) is 4.79 Å². The molecule has 3 aromatic rings. The molecule has 0 saturated heterocycles. The molecule has 0 saturated carbocycles.